The number of alkyl halides is 2. The number of aryl methyl sites for hydroxylation is 1. The van der Waals surface area contributed by atoms with Gasteiger partial charge in [-0.3, -0.25) is 9.48 Å². The molecular weight excluding hydrogens is 473 g/mol. The Hall–Kier alpha value is -2.75. The Morgan fingerprint density at radius 3 is 2.68 bits per heavy atom. The molecule has 4 rings (SSSR count). The Bertz CT molecular complexity index is 1300. The summed E-state index contributed by atoms with van der Waals surface area (Å²) in [5.41, 5.74) is 0.751. The molecule has 1 amide bonds. The summed E-state index contributed by atoms with van der Waals surface area (Å²) in [7, 11) is 0. The molecule has 160 valence electrons. The number of aromatic nitrogens is 5. The molecule has 0 saturated carbocycles. The Morgan fingerprint density at radius 1 is 1.19 bits per heavy atom. The van der Waals surface area contributed by atoms with E-state index in [1.807, 2.05) is 0 Å². The zero-order valence-electron chi connectivity index (χ0n) is 15.8. The minimum absolute atomic E-state index is 0.0105. The SMILES string of the molecule is Cc1cc(C(F)F)n2ncc(C(=O)Nc3nn(Cc4ccc(Cl)cc4Cl)cc3Cl)c2n1. The topological polar surface area (TPSA) is 77.1 Å². The van der Waals surface area contributed by atoms with Crippen molar-refractivity contribution in [2.45, 2.75) is 19.9 Å². The van der Waals surface area contributed by atoms with E-state index < -0.39 is 12.3 Å². The van der Waals surface area contributed by atoms with Gasteiger partial charge in [-0.15, -0.1) is 0 Å². The van der Waals surface area contributed by atoms with Gasteiger partial charge in [0, 0.05) is 21.9 Å². The number of hydrogen-bond donors (Lipinski definition) is 1. The molecule has 1 N–H and O–H groups in total. The van der Waals surface area contributed by atoms with E-state index in [9.17, 15) is 13.6 Å². The van der Waals surface area contributed by atoms with Gasteiger partial charge in [0.15, 0.2) is 11.5 Å². The minimum atomic E-state index is -2.77. The van der Waals surface area contributed by atoms with Crippen molar-refractivity contribution >= 4 is 52.2 Å². The quantitative estimate of drug-likeness (QED) is 0.409. The molecule has 0 bridgehead atoms. The maximum Gasteiger partial charge on any atom is 0.280 e. The number of carbonyl (C=O) groups is 1. The van der Waals surface area contributed by atoms with Crippen molar-refractivity contribution in [1.29, 1.82) is 0 Å². The Labute approximate surface area is 189 Å². The minimum Gasteiger partial charge on any atom is -0.304 e. The van der Waals surface area contributed by atoms with E-state index in [0.717, 1.165) is 10.1 Å². The van der Waals surface area contributed by atoms with Crippen LogP contribution in [-0.2, 0) is 6.54 Å². The van der Waals surface area contributed by atoms with Crippen LogP contribution >= 0.6 is 34.8 Å². The van der Waals surface area contributed by atoms with Gasteiger partial charge in [-0.25, -0.2) is 18.3 Å². The summed E-state index contributed by atoms with van der Waals surface area (Å²) in [5.74, 6) is -0.539. The number of rotatable bonds is 5. The number of halogens is 5. The fourth-order valence-electron chi connectivity index (χ4n) is 2.99. The number of nitrogens with zero attached hydrogens (tertiary/aromatic N) is 5. The number of amides is 1. The lowest BCUT2D eigenvalue weighted by atomic mass is 10.2. The summed E-state index contributed by atoms with van der Waals surface area (Å²) >= 11 is 18.3. The molecule has 0 radical (unpaired) electrons. The Balaban J connectivity index is 1.60. The predicted octanol–water partition coefficient (Wildman–Crippen LogP) is 5.43. The highest BCUT2D eigenvalue weighted by Gasteiger charge is 2.21. The molecular formula is C19H13Cl3F2N6O. The molecule has 3 aromatic heterocycles. The first-order valence-electron chi connectivity index (χ1n) is 8.84. The lowest BCUT2D eigenvalue weighted by Crippen LogP contribution is -2.14. The predicted molar refractivity (Wildman–Crippen MR) is 113 cm³/mol. The van der Waals surface area contributed by atoms with Crippen LogP contribution in [0.4, 0.5) is 14.6 Å². The van der Waals surface area contributed by atoms with Crippen molar-refractivity contribution < 1.29 is 13.6 Å². The summed E-state index contributed by atoms with van der Waals surface area (Å²) in [5, 5.41) is 11.9. The second-order valence-electron chi connectivity index (χ2n) is 6.63. The number of hydrogen-bond acceptors (Lipinski definition) is 4. The third kappa shape index (κ3) is 4.34. The van der Waals surface area contributed by atoms with E-state index in [-0.39, 0.29) is 27.7 Å². The standard InChI is InChI=1S/C19H13Cl3F2N6O/c1-9-4-15(16(23)24)30-18(26-9)12(6-25-30)19(31)27-17-14(22)8-29(28-17)7-10-2-3-11(20)5-13(10)21/h2-6,8,16H,7H2,1H3,(H,27,28,31). The van der Waals surface area contributed by atoms with Crippen LogP contribution < -0.4 is 5.32 Å². The molecule has 0 saturated heterocycles. The van der Waals surface area contributed by atoms with Crippen LogP contribution in [0.3, 0.4) is 0 Å². The van der Waals surface area contributed by atoms with Crippen LogP contribution in [-0.4, -0.2) is 30.3 Å². The molecule has 12 heteroatoms. The van der Waals surface area contributed by atoms with Crippen molar-refractivity contribution in [2.75, 3.05) is 5.32 Å². The van der Waals surface area contributed by atoms with E-state index in [2.05, 4.69) is 20.5 Å². The molecule has 0 unspecified atom stereocenters. The number of carbonyl (C=O) groups excluding carboxylic acids is 1. The van der Waals surface area contributed by atoms with Crippen molar-refractivity contribution in [2.24, 2.45) is 0 Å². The molecule has 0 aliphatic rings. The molecule has 31 heavy (non-hydrogen) atoms. The highest BCUT2D eigenvalue weighted by atomic mass is 35.5. The van der Waals surface area contributed by atoms with Crippen molar-refractivity contribution in [3.8, 4) is 0 Å². The monoisotopic (exact) mass is 484 g/mol. The largest absolute Gasteiger partial charge is 0.304 e. The van der Waals surface area contributed by atoms with E-state index >= 15 is 0 Å². The average molecular weight is 486 g/mol. The molecule has 0 aliphatic carbocycles. The lowest BCUT2D eigenvalue weighted by molar-refractivity contribution is 0.102. The first-order chi connectivity index (χ1) is 14.7. The summed E-state index contributed by atoms with van der Waals surface area (Å²) in [4.78, 5) is 16.9. The van der Waals surface area contributed by atoms with Gasteiger partial charge in [-0.05, 0) is 30.7 Å². The molecule has 3 heterocycles. The van der Waals surface area contributed by atoms with E-state index in [0.29, 0.717) is 22.3 Å². The maximum atomic E-state index is 13.3. The van der Waals surface area contributed by atoms with Gasteiger partial charge in [0.2, 0.25) is 0 Å². The molecule has 0 spiro atoms. The number of anilines is 1. The average Bonchev–Trinajstić information content (AvgIpc) is 3.26. The summed E-state index contributed by atoms with van der Waals surface area (Å²) in [6.45, 7) is 1.85. The van der Waals surface area contributed by atoms with Gasteiger partial charge < -0.3 is 5.32 Å². The fraction of sp³-hybridized carbons (Fsp3) is 0.158. The Morgan fingerprint density at radius 2 is 1.97 bits per heavy atom. The summed E-state index contributed by atoms with van der Waals surface area (Å²) in [6.07, 6.45) is -0.0819. The van der Waals surface area contributed by atoms with Gasteiger partial charge in [0.25, 0.3) is 12.3 Å². The van der Waals surface area contributed by atoms with Gasteiger partial charge in [-0.2, -0.15) is 10.2 Å². The van der Waals surface area contributed by atoms with Crippen LogP contribution in [0.15, 0.2) is 36.7 Å². The molecule has 1 aromatic carbocycles. The van der Waals surface area contributed by atoms with E-state index in [1.54, 1.807) is 25.1 Å². The third-order valence-electron chi connectivity index (χ3n) is 4.39. The van der Waals surface area contributed by atoms with E-state index in [4.69, 9.17) is 34.8 Å². The van der Waals surface area contributed by atoms with Crippen molar-refractivity contribution in [1.82, 2.24) is 24.4 Å². The van der Waals surface area contributed by atoms with Crippen molar-refractivity contribution in [3.63, 3.8) is 0 Å². The molecule has 7 nitrogen and oxygen atoms in total. The highest BCUT2D eigenvalue weighted by Crippen LogP contribution is 2.26. The second kappa shape index (κ2) is 8.41. The van der Waals surface area contributed by atoms with Crippen LogP contribution in [0, 0.1) is 6.92 Å². The Kier molecular flexibility index (Phi) is 5.83. The smallest absolute Gasteiger partial charge is 0.280 e. The highest BCUT2D eigenvalue weighted by molar-refractivity contribution is 6.35. The fourth-order valence-corrected chi connectivity index (χ4v) is 3.66. The zero-order chi connectivity index (χ0) is 22.3. The second-order valence-corrected chi connectivity index (χ2v) is 7.88. The lowest BCUT2D eigenvalue weighted by Gasteiger charge is -2.06. The van der Waals surface area contributed by atoms with Crippen LogP contribution in [0.2, 0.25) is 15.1 Å². The molecule has 4 aromatic rings. The third-order valence-corrected chi connectivity index (χ3v) is 5.26. The van der Waals surface area contributed by atoms with Gasteiger partial charge in [0.05, 0.1) is 12.7 Å². The van der Waals surface area contributed by atoms with Crippen LogP contribution in [0.25, 0.3) is 5.65 Å². The normalized spacial score (nSPS) is 11.5. The van der Waals surface area contributed by atoms with E-state index in [1.165, 1.54) is 23.1 Å². The summed E-state index contributed by atoms with van der Waals surface area (Å²) in [6, 6.07) is 6.28. The van der Waals surface area contributed by atoms with Gasteiger partial charge in [-0.1, -0.05) is 40.9 Å². The zero-order valence-corrected chi connectivity index (χ0v) is 18.1. The van der Waals surface area contributed by atoms with Gasteiger partial charge >= 0.3 is 0 Å². The number of fused-ring (bicyclic) bond motifs is 1. The molecule has 0 aliphatic heterocycles. The number of nitrogens with one attached hydrogen (secondary N) is 1. The summed E-state index contributed by atoms with van der Waals surface area (Å²) < 4.78 is 29.0. The number of benzene rings is 1. The molecule has 0 fully saturated rings. The maximum absolute atomic E-state index is 13.3. The van der Waals surface area contributed by atoms with Crippen LogP contribution in [0.1, 0.15) is 33.7 Å². The first kappa shape index (κ1) is 21.5. The first-order valence-corrected chi connectivity index (χ1v) is 9.98. The van der Waals surface area contributed by atoms with Gasteiger partial charge in [0.1, 0.15) is 16.3 Å². The molecule has 0 atom stereocenters. The van der Waals surface area contributed by atoms with Crippen molar-refractivity contribution in [3.05, 3.63) is 74.2 Å². The van der Waals surface area contributed by atoms with Crippen LogP contribution in [0.5, 0.6) is 0 Å².